The van der Waals surface area contributed by atoms with Crippen molar-refractivity contribution in [2.45, 2.75) is 32.5 Å². The smallest absolute Gasteiger partial charge is 0.348 e. The number of benzene rings is 2. The third-order valence-electron chi connectivity index (χ3n) is 4.61. The first-order valence-electron chi connectivity index (χ1n) is 9.29. The summed E-state index contributed by atoms with van der Waals surface area (Å²) in [6.45, 7) is 3.04. The Labute approximate surface area is 170 Å². The Kier molecular flexibility index (Phi) is 5.92. The van der Waals surface area contributed by atoms with Gasteiger partial charge in [-0.25, -0.2) is 9.59 Å². The summed E-state index contributed by atoms with van der Waals surface area (Å²) in [7, 11) is 3.20. The summed E-state index contributed by atoms with van der Waals surface area (Å²) in [5.41, 5.74) is 2.70. The Morgan fingerprint density at radius 2 is 1.45 bits per heavy atom. The average molecular weight is 396 g/mol. The monoisotopic (exact) mass is 396 g/mol. The van der Waals surface area contributed by atoms with Crippen LogP contribution in [0, 0.1) is 0 Å². The van der Waals surface area contributed by atoms with Crippen molar-refractivity contribution in [3.63, 3.8) is 0 Å². The number of rotatable bonds is 6. The minimum absolute atomic E-state index is 0.136. The maximum atomic E-state index is 12.3. The van der Waals surface area contributed by atoms with E-state index in [4.69, 9.17) is 18.9 Å². The highest BCUT2D eigenvalue weighted by molar-refractivity contribution is 6.19. The van der Waals surface area contributed by atoms with E-state index in [0.717, 1.165) is 23.3 Å². The molecule has 1 aliphatic rings. The van der Waals surface area contributed by atoms with Crippen molar-refractivity contribution in [2.75, 3.05) is 14.2 Å². The Balaban J connectivity index is 1.87. The van der Waals surface area contributed by atoms with E-state index in [-0.39, 0.29) is 5.57 Å². The van der Waals surface area contributed by atoms with Gasteiger partial charge >= 0.3 is 11.9 Å². The molecule has 0 atom stereocenters. The highest BCUT2D eigenvalue weighted by Gasteiger charge is 2.38. The third kappa shape index (κ3) is 4.96. The van der Waals surface area contributed by atoms with Gasteiger partial charge in [0.1, 0.15) is 17.1 Å². The van der Waals surface area contributed by atoms with Gasteiger partial charge < -0.3 is 18.9 Å². The number of carbonyl (C=O) groups excluding carboxylic acids is 2. The summed E-state index contributed by atoms with van der Waals surface area (Å²) in [5.74, 6) is -1.23. The molecule has 6 heteroatoms. The molecule has 152 valence electrons. The van der Waals surface area contributed by atoms with Gasteiger partial charge in [-0.1, -0.05) is 18.2 Å². The van der Waals surface area contributed by atoms with Crippen LogP contribution >= 0.6 is 0 Å². The maximum Gasteiger partial charge on any atom is 0.348 e. The molecule has 0 radical (unpaired) electrons. The summed E-state index contributed by atoms with van der Waals surface area (Å²) in [6.07, 6.45) is 3.01. The molecule has 2 aromatic rings. The normalized spacial score (nSPS) is 15.4. The van der Waals surface area contributed by atoms with Crippen molar-refractivity contribution in [3.8, 4) is 11.5 Å². The first-order valence-corrected chi connectivity index (χ1v) is 9.29. The zero-order chi connectivity index (χ0) is 21.0. The molecule has 1 saturated heterocycles. The van der Waals surface area contributed by atoms with E-state index in [1.807, 2.05) is 36.4 Å². The molecule has 29 heavy (non-hydrogen) atoms. The minimum atomic E-state index is -1.27. The van der Waals surface area contributed by atoms with E-state index < -0.39 is 17.7 Å². The van der Waals surface area contributed by atoms with Crippen LogP contribution in [0.2, 0.25) is 0 Å². The van der Waals surface area contributed by atoms with E-state index in [1.54, 1.807) is 20.3 Å². The fraction of sp³-hybridized carbons (Fsp3) is 0.304. The fourth-order valence-electron chi connectivity index (χ4n) is 3.07. The topological polar surface area (TPSA) is 71.1 Å². The number of methoxy groups -OCH3 is 2. The van der Waals surface area contributed by atoms with Crippen molar-refractivity contribution >= 4 is 18.0 Å². The highest BCUT2D eigenvalue weighted by Crippen LogP contribution is 2.27. The Morgan fingerprint density at radius 1 is 0.862 bits per heavy atom. The number of hydrogen-bond acceptors (Lipinski definition) is 6. The lowest BCUT2D eigenvalue weighted by atomic mass is 9.97. The van der Waals surface area contributed by atoms with E-state index >= 15 is 0 Å². The van der Waals surface area contributed by atoms with Gasteiger partial charge in [-0.05, 0) is 59.9 Å². The summed E-state index contributed by atoms with van der Waals surface area (Å²) < 4.78 is 20.9. The zero-order valence-corrected chi connectivity index (χ0v) is 17.0. The summed E-state index contributed by atoms with van der Waals surface area (Å²) >= 11 is 0. The molecular formula is C23H24O6. The maximum absolute atomic E-state index is 12.3. The largest absolute Gasteiger partial charge is 0.497 e. The van der Waals surface area contributed by atoms with Gasteiger partial charge in [0, 0.05) is 13.8 Å². The predicted octanol–water partition coefficient (Wildman–Crippen LogP) is 3.71. The molecule has 0 aliphatic carbocycles. The van der Waals surface area contributed by atoms with Crippen LogP contribution in [0.3, 0.4) is 0 Å². The molecule has 2 aromatic carbocycles. The van der Waals surface area contributed by atoms with Crippen molar-refractivity contribution in [2.24, 2.45) is 0 Å². The summed E-state index contributed by atoms with van der Waals surface area (Å²) in [4.78, 5) is 24.6. The molecular weight excluding hydrogens is 372 g/mol. The number of ether oxygens (including phenoxy) is 4. The first kappa shape index (κ1) is 20.5. The Bertz CT molecular complexity index is 918. The van der Waals surface area contributed by atoms with Gasteiger partial charge in [0.05, 0.1) is 14.2 Å². The number of esters is 2. The van der Waals surface area contributed by atoms with Gasteiger partial charge in [0.2, 0.25) is 0 Å². The molecule has 0 aromatic heterocycles. The molecule has 0 spiro atoms. The molecule has 6 nitrogen and oxygen atoms in total. The van der Waals surface area contributed by atoms with Crippen LogP contribution in [0.1, 0.15) is 30.5 Å². The van der Waals surface area contributed by atoms with Gasteiger partial charge in [-0.3, -0.25) is 0 Å². The Morgan fingerprint density at radius 3 is 2.03 bits per heavy atom. The third-order valence-corrected chi connectivity index (χ3v) is 4.61. The molecule has 0 bridgehead atoms. The number of carbonyl (C=O) groups is 2. The van der Waals surface area contributed by atoms with E-state index in [1.165, 1.54) is 19.9 Å². The standard InChI is InChI=1S/C23H24O6/c1-23(2)28-21(24)20(22(25)29-23)14-17-13-19(27-4)12-9-16(17)8-5-15-6-10-18(26-3)11-7-15/h6-7,9-14H,5,8H2,1-4H3. The highest BCUT2D eigenvalue weighted by atomic mass is 16.7. The second-order valence-corrected chi connectivity index (χ2v) is 7.15. The van der Waals surface area contributed by atoms with Crippen LogP contribution in [-0.4, -0.2) is 31.9 Å². The molecule has 1 aliphatic heterocycles. The second kappa shape index (κ2) is 8.39. The van der Waals surface area contributed by atoms with Crippen molar-refractivity contribution in [1.82, 2.24) is 0 Å². The number of cyclic esters (lactones) is 2. The fourth-order valence-corrected chi connectivity index (χ4v) is 3.07. The molecule has 1 fully saturated rings. The van der Waals surface area contributed by atoms with Crippen LogP contribution in [0.25, 0.3) is 6.08 Å². The number of aryl methyl sites for hydroxylation is 2. The van der Waals surface area contributed by atoms with E-state index in [0.29, 0.717) is 17.7 Å². The van der Waals surface area contributed by atoms with Crippen molar-refractivity contribution in [3.05, 3.63) is 64.7 Å². The SMILES string of the molecule is COc1ccc(CCc2ccc(OC)cc2C=C2C(=O)OC(C)(C)OC2=O)cc1. The second-order valence-electron chi connectivity index (χ2n) is 7.15. The molecule has 0 N–H and O–H groups in total. The molecule has 0 amide bonds. The van der Waals surface area contributed by atoms with Crippen LogP contribution in [0.15, 0.2) is 48.0 Å². The lowest BCUT2D eigenvalue weighted by Gasteiger charge is -2.29. The molecule has 3 rings (SSSR count). The van der Waals surface area contributed by atoms with E-state index in [2.05, 4.69) is 0 Å². The molecule has 0 saturated carbocycles. The predicted molar refractivity (Wildman–Crippen MR) is 108 cm³/mol. The van der Waals surface area contributed by atoms with Gasteiger partial charge in [0.15, 0.2) is 0 Å². The van der Waals surface area contributed by atoms with Crippen molar-refractivity contribution < 1.29 is 28.5 Å². The van der Waals surface area contributed by atoms with Gasteiger partial charge in [-0.2, -0.15) is 0 Å². The average Bonchev–Trinajstić information content (AvgIpc) is 2.69. The lowest BCUT2D eigenvalue weighted by molar-refractivity contribution is -0.222. The van der Waals surface area contributed by atoms with Gasteiger partial charge in [0.25, 0.3) is 5.79 Å². The quantitative estimate of drug-likeness (QED) is 0.421. The van der Waals surface area contributed by atoms with Crippen LogP contribution in [-0.2, 0) is 31.9 Å². The molecule has 1 heterocycles. The van der Waals surface area contributed by atoms with Crippen molar-refractivity contribution in [1.29, 1.82) is 0 Å². The summed E-state index contributed by atoms with van der Waals surface area (Å²) in [5, 5.41) is 0. The van der Waals surface area contributed by atoms with E-state index in [9.17, 15) is 9.59 Å². The molecule has 0 unspecified atom stereocenters. The first-order chi connectivity index (χ1) is 13.8. The summed E-state index contributed by atoms with van der Waals surface area (Å²) in [6, 6.07) is 13.4. The van der Waals surface area contributed by atoms with Crippen LogP contribution < -0.4 is 9.47 Å². The zero-order valence-electron chi connectivity index (χ0n) is 17.0. The van der Waals surface area contributed by atoms with Crippen LogP contribution in [0.4, 0.5) is 0 Å². The minimum Gasteiger partial charge on any atom is -0.497 e. The lowest BCUT2D eigenvalue weighted by Crippen LogP contribution is -2.41. The van der Waals surface area contributed by atoms with Crippen LogP contribution in [0.5, 0.6) is 11.5 Å². The van der Waals surface area contributed by atoms with Gasteiger partial charge in [-0.15, -0.1) is 0 Å². The number of hydrogen-bond donors (Lipinski definition) is 0. The Hall–Kier alpha value is -3.28.